The Morgan fingerprint density at radius 1 is 1.16 bits per heavy atom. The lowest BCUT2D eigenvalue weighted by atomic mass is 9.90. The molecule has 0 saturated heterocycles. The first-order valence-corrected chi connectivity index (χ1v) is 6.96. The summed E-state index contributed by atoms with van der Waals surface area (Å²) in [6, 6.07) is 5.63. The van der Waals surface area contributed by atoms with Crippen LogP contribution in [0.2, 0.25) is 0 Å². The minimum atomic E-state index is 0.655. The number of ether oxygens (including phenoxy) is 1. The van der Waals surface area contributed by atoms with Crippen LogP contribution in [0, 0.1) is 5.92 Å². The van der Waals surface area contributed by atoms with Crippen molar-refractivity contribution in [2.75, 3.05) is 12.3 Å². The largest absolute Gasteiger partial charge is 0.477 e. The van der Waals surface area contributed by atoms with Gasteiger partial charge in [0.2, 0.25) is 5.88 Å². The summed E-state index contributed by atoms with van der Waals surface area (Å²) in [5.41, 5.74) is 7.41. The molecule has 2 aromatic rings. The van der Waals surface area contributed by atoms with Crippen LogP contribution in [0.3, 0.4) is 0 Å². The molecule has 1 aliphatic carbocycles. The molecule has 0 bridgehead atoms. The number of anilines is 1. The third-order valence-electron chi connectivity index (χ3n) is 3.80. The van der Waals surface area contributed by atoms with Crippen molar-refractivity contribution in [2.24, 2.45) is 5.92 Å². The minimum Gasteiger partial charge on any atom is -0.477 e. The van der Waals surface area contributed by atoms with E-state index in [9.17, 15) is 0 Å². The lowest BCUT2D eigenvalue weighted by Crippen LogP contribution is -2.15. The Balaban J connectivity index is 1.78. The number of aromatic nitrogens is 2. The fourth-order valence-electron chi connectivity index (χ4n) is 2.72. The van der Waals surface area contributed by atoms with Crippen molar-refractivity contribution in [3.8, 4) is 5.88 Å². The smallest absolute Gasteiger partial charge is 0.224 e. The van der Waals surface area contributed by atoms with Crippen molar-refractivity contribution in [1.29, 1.82) is 0 Å². The van der Waals surface area contributed by atoms with Gasteiger partial charge in [-0.1, -0.05) is 19.3 Å². The number of nitrogens with zero attached hydrogens (tertiary/aromatic N) is 2. The second kappa shape index (κ2) is 5.43. The summed E-state index contributed by atoms with van der Waals surface area (Å²) in [6.45, 7) is 0.751. The first-order chi connectivity index (χ1) is 9.33. The molecule has 3 rings (SSSR count). The Morgan fingerprint density at radius 3 is 2.84 bits per heavy atom. The summed E-state index contributed by atoms with van der Waals surface area (Å²) in [6.07, 6.45) is 8.10. The predicted octanol–water partition coefficient (Wildman–Crippen LogP) is 3.17. The zero-order chi connectivity index (χ0) is 13.1. The van der Waals surface area contributed by atoms with Crippen molar-refractivity contribution >= 4 is 16.6 Å². The number of nitrogens with two attached hydrogens (primary N) is 1. The van der Waals surface area contributed by atoms with Crippen LogP contribution >= 0.6 is 0 Å². The van der Waals surface area contributed by atoms with Gasteiger partial charge in [0.15, 0.2) is 0 Å². The molecule has 1 aliphatic rings. The summed E-state index contributed by atoms with van der Waals surface area (Å²) < 4.78 is 5.91. The summed E-state index contributed by atoms with van der Waals surface area (Å²) >= 11 is 0. The molecule has 0 unspecified atom stereocenters. The first-order valence-electron chi connectivity index (χ1n) is 6.96. The topological polar surface area (TPSA) is 61.0 Å². The molecule has 0 aliphatic heterocycles. The summed E-state index contributed by atoms with van der Waals surface area (Å²) in [4.78, 5) is 8.47. The average molecular weight is 257 g/mol. The summed E-state index contributed by atoms with van der Waals surface area (Å²) in [5, 5.41) is 0.901. The summed E-state index contributed by atoms with van der Waals surface area (Å²) in [5.74, 6) is 1.32. The molecule has 1 aromatic carbocycles. The van der Waals surface area contributed by atoms with Gasteiger partial charge in [-0.2, -0.15) is 0 Å². The summed E-state index contributed by atoms with van der Waals surface area (Å²) in [7, 11) is 0. The minimum absolute atomic E-state index is 0.655. The van der Waals surface area contributed by atoms with E-state index in [1.54, 1.807) is 6.33 Å². The van der Waals surface area contributed by atoms with E-state index in [-0.39, 0.29) is 0 Å². The van der Waals surface area contributed by atoms with E-state index in [4.69, 9.17) is 10.5 Å². The maximum absolute atomic E-state index is 5.91. The standard InChI is InChI=1S/C15H19N3O/c16-12-6-7-14-13(8-12)15(18-10-17-14)19-9-11-4-2-1-3-5-11/h6-8,10-11H,1-5,9,16H2. The molecule has 0 amide bonds. The molecule has 0 radical (unpaired) electrons. The van der Waals surface area contributed by atoms with E-state index in [1.807, 2.05) is 18.2 Å². The molecule has 1 saturated carbocycles. The van der Waals surface area contributed by atoms with Crippen molar-refractivity contribution in [3.05, 3.63) is 24.5 Å². The normalized spacial score (nSPS) is 16.6. The van der Waals surface area contributed by atoms with Crippen LogP contribution < -0.4 is 10.5 Å². The maximum atomic E-state index is 5.91. The van der Waals surface area contributed by atoms with Gasteiger partial charge in [-0.15, -0.1) is 0 Å². The molecule has 0 spiro atoms. The van der Waals surface area contributed by atoms with Crippen molar-refractivity contribution < 1.29 is 4.74 Å². The van der Waals surface area contributed by atoms with E-state index in [1.165, 1.54) is 32.1 Å². The van der Waals surface area contributed by atoms with Crippen molar-refractivity contribution in [2.45, 2.75) is 32.1 Å². The molecule has 1 aromatic heterocycles. The van der Waals surface area contributed by atoms with Crippen LogP contribution in [0.1, 0.15) is 32.1 Å². The van der Waals surface area contributed by atoms with Crippen LogP contribution in [-0.2, 0) is 0 Å². The molecular formula is C15H19N3O. The average Bonchev–Trinajstić information content (AvgIpc) is 2.46. The third-order valence-corrected chi connectivity index (χ3v) is 3.80. The Morgan fingerprint density at radius 2 is 2.00 bits per heavy atom. The lowest BCUT2D eigenvalue weighted by molar-refractivity contribution is 0.205. The molecule has 1 fully saturated rings. The number of fused-ring (bicyclic) bond motifs is 1. The highest BCUT2D eigenvalue weighted by Gasteiger charge is 2.15. The Bertz CT molecular complexity index is 564. The highest BCUT2D eigenvalue weighted by atomic mass is 16.5. The lowest BCUT2D eigenvalue weighted by Gasteiger charge is -2.21. The number of rotatable bonds is 3. The Kier molecular flexibility index (Phi) is 3.49. The molecule has 1 heterocycles. The van der Waals surface area contributed by atoms with E-state index in [0.717, 1.165) is 17.5 Å². The molecule has 4 nitrogen and oxygen atoms in total. The van der Waals surface area contributed by atoms with Crippen LogP contribution in [0.4, 0.5) is 5.69 Å². The van der Waals surface area contributed by atoms with Crippen LogP contribution in [0.25, 0.3) is 10.9 Å². The molecule has 19 heavy (non-hydrogen) atoms. The molecule has 0 atom stereocenters. The Labute approximate surface area is 113 Å². The zero-order valence-electron chi connectivity index (χ0n) is 11.0. The molecule has 100 valence electrons. The second-order valence-electron chi connectivity index (χ2n) is 5.27. The van der Waals surface area contributed by atoms with Gasteiger partial charge in [0.1, 0.15) is 6.33 Å². The maximum Gasteiger partial charge on any atom is 0.224 e. The highest BCUT2D eigenvalue weighted by molar-refractivity contribution is 5.86. The van der Waals surface area contributed by atoms with E-state index in [0.29, 0.717) is 17.5 Å². The molecular weight excluding hydrogens is 238 g/mol. The van der Waals surface area contributed by atoms with Gasteiger partial charge in [-0.25, -0.2) is 9.97 Å². The third kappa shape index (κ3) is 2.78. The van der Waals surface area contributed by atoms with E-state index >= 15 is 0 Å². The zero-order valence-corrected chi connectivity index (χ0v) is 11.0. The molecule has 4 heteroatoms. The highest BCUT2D eigenvalue weighted by Crippen LogP contribution is 2.27. The fourth-order valence-corrected chi connectivity index (χ4v) is 2.72. The monoisotopic (exact) mass is 257 g/mol. The number of nitrogen functional groups attached to an aromatic ring is 1. The van der Waals surface area contributed by atoms with Crippen LogP contribution in [-0.4, -0.2) is 16.6 Å². The van der Waals surface area contributed by atoms with Gasteiger partial charge in [-0.3, -0.25) is 0 Å². The SMILES string of the molecule is Nc1ccc2ncnc(OCC3CCCCC3)c2c1. The van der Waals surface area contributed by atoms with Crippen molar-refractivity contribution in [1.82, 2.24) is 9.97 Å². The predicted molar refractivity (Wildman–Crippen MR) is 76.0 cm³/mol. The van der Waals surface area contributed by atoms with Gasteiger partial charge in [0.05, 0.1) is 17.5 Å². The van der Waals surface area contributed by atoms with Gasteiger partial charge in [-0.05, 0) is 37.0 Å². The number of hydrogen-bond donors (Lipinski definition) is 1. The fraction of sp³-hybridized carbons (Fsp3) is 0.467. The van der Waals surface area contributed by atoms with E-state index in [2.05, 4.69) is 9.97 Å². The quantitative estimate of drug-likeness (QED) is 0.858. The van der Waals surface area contributed by atoms with E-state index < -0.39 is 0 Å². The second-order valence-corrected chi connectivity index (χ2v) is 5.27. The Hall–Kier alpha value is -1.84. The van der Waals surface area contributed by atoms with Gasteiger partial charge < -0.3 is 10.5 Å². The van der Waals surface area contributed by atoms with Gasteiger partial charge in [0.25, 0.3) is 0 Å². The molecule has 2 N–H and O–H groups in total. The number of benzene rings is 1. The van der Waals surface area contributed by atoms with Crippen molar-refractivity contribution in [3.63, 3.8) is 0 Å². The van der Waals surface area contributed by atoms with Crippen LogP contribution in [0.15, 0.2) is 24.5 Å². The first kappa shape index (κ1) is 12.2. The number of hydrogen-bond acceptors (Lipinski definition) is 4. The van der Waals surface area contributed by atoms with Gasteiger partial charge in [0, 0.05) is 5.69 Å². The van der Waals surface area contributed by atoms with Crippen LogP contribution in [0.5, 0.6) is 5.88 Å². The van der Waals surface area contributed by atoms with Gasteiger partial charge >= 0.3 is 0 Å².